The summed E-state index contributed by atoms with van der Waals surface area (Å²) in [4.78, 5) is 11.6. The molecule has 0 radical (unpaired) electrons. The van der Waals surface area contributed by atoms with Crippen LogP contribution < -0.4 is 5.73 Å². The summed E-state index contributed by atoms with van der Waals surface area (Å²) < 4.78 is 1.74. The predicted molar refractivity (Wildman–Crippen MR) is 59.3 cm³/mol. The van der Waals surface area contributed by atoms with Gasteiger partial charge in [0.05, 0.1) is 12.2 Å². The van der Waals surface area contributed by atoms with Crippen molar-refractivity contribution in [3.8, 4) is 0 Å². The average Bonchev–Trinajstić information content (AvgIpc) is 2.59. The molecule has 1 aromatic heterocycles. The number of carbonyl (C=O) groups excluding carboxylic acids is 1. The standard InChI is InChI=1S/C11H19N3O/c1-8(2)11(12)10(15)5-4-9-6-13-14(3)7-9/h6-8,11H,4-5,12H2,1-3H3. The second-order valence-electron chi connectivity index (χ2n) is 4.26. The van der Waals surface area contributed by atoms with E-state index >= 15 is 0 Å². The van der Waals surface area contributed by atoms with Crippen LogP contribution in [0.3, 0.4) is 0 Å². The van der Waals surface area contributed by atoms with Gasteiger partial charge in [-0.1, -0.05) is 13.8 Å². The molecule has 0 aliphatic rings. The van der Waals surface area contributed by atoms with Gasteiger partial charge >= 0.3 is 0 Å². The highest BCUT2D eigenvalue weighted by Gasteiger charge is 2.16. The normalized spacial score (nSPS) is 13.1. The Morgan fingerprint density at radius 1 is 1.60 bits per heavy atom. The molecule has 1 heterocycles. The molecular weight excluding hydrogens is 190 g/mol. The SMILES string of the molecule is CC(C)C(N)C(=O)CCc1cnn(C)c1. The van der Waals surface area contributed by atoms with Gasteiger partial charge in [0.15, 0.2) is 0 Å². The number of nitrogens with two attached hydrogens (primary N) is 1. The van der Waals surface area contributed by atoms with E-state index in [1.165, 1.54) is 0 Å². The van der Waals surface area contributed by atoms with Crippen molar-refractivity contribution in [3.63, 3.8) is 0 Å². The van der Waals surface area contributed by atoms with Crippen molar-refractivity contribution < 1.29 is 4.79 Å². The fraction of sp³-hybridized carbons (Fsp3) is 0.636. The molecule has 4 nitrogen and oxygen atoms in total. The Morgan fingerprint density at radius 3 is 2.73 bits per heavy atom. The molecule has 0 saturated heterocycles. The van der Waals surface area contributed by atoms with E-state index in [-0.39, 0.29) is 17.7 Å². The van der Waals surface area contributed by atoms with E-state index in [1.807, 2.05) is 27.1 Å². The second kappa shape index (κ2) is 5.07. The Kier molecular flexibility index (Phi) is 4.03. The monoisotopic (exact) mass is 209 g/mol. The molecule has 0 aliphatic heterocycles. The van der Waals surface area contributed by atoms with Crippen LogP contribution in [0.2, 0.25) is 0 Å². The van der Waals surface area contributed by atoms with E-state index in [2.05, 4.69) is 5.10 Å². The van der Waals surface area contributed by atoms with Gasteiger partial charge in [0.25, 0.3) is 0 Å². The van der Waals surface area contributed by atoms with Crippen molar-refractivity contribution in [1.29, 1.82) is 0 Å². The summed E-state index contributed by atoms with van der Waals surface area (Å²) in [6.45, 7) is 3.93. The van der Waals surface area contributed by atoms with Crippen LogP contribution in [0.1, 0.15) is 25.8 Å². The molecule has 1 rings (SSSR count). The molecule has 2 N–H and O–H groups in total. The third kappa shape index (κ3) is 3.47. The van der Waals surface area contributed by atoms with E-state index in [9.17, 15) is 4.79 Å². The Labute approximate surface area is 90.5 Å². The van der Waals surface area contributed by atoms with Crippen molar-refractivity contribution in [3.05, 3.63) is 18.0 Å². The highest BCUT2D eigenvalue weighted by Crippen LogP contribution is 2.06. The van der Waals surface area contributed by atoms with Crippen LogP contribution in [0.15, 0.2) is 12.4 Å². The zero-order valence-corrected chi connectivity index (χ0v) is 9.60. The maximum atomic E-state index is 11.6. The van der Waals surface area contributed by atoms with Crippen molar-refractivity contribution in [2.75, 3.05) is 0 Å². The number of Topliss-reactive ketones (excluding diaryl/α,β-unsaturated/α-hetero) is 1. The van der Waals surface area contributed by atoms with Gasteiger partial charge in [-0.3, -0.25) is 9.48 Å². The van der Waals surface area contributed by atoms with Gasteiger partial charge in [0, 0.05) is 19.7 Å². The molecule has 0 amide bonds. The molecule has 1 aromatic rings. The number of hydrogen-bond acceptors (Lipinski definition) is 3. The zero-order chi connectivity index (χ0) is 11.4. The lowest BCUT2D eigenvalue weighted by atomic mass is 9.97. The fourth-order valence-electron chi connectivity index (χ4n) is 1.41. The van der Waals surface area contributed by atoms with Gasteiger partial charge in [0.1, 0.15) is 5.78 Å². The summed E-state index contributed by atoms with van der Waals surface area (Å²) in [5, 5.41) is 4.05. The number of nitrogens with zero attached hydrogens (tertiary/aromatic N) is 2. The predicted octanol–water partition coefficient (Wildman–Crippen LogP) is 0.905. The Bertz CT molecular complexity index is 330. The summed E-state index contributed by atoms with van der Waals surface area (Å²) in [5.41, 5.74) is 6.84. The Balaban J connectivity index is 2.40. The van der Waals surface area contributed by atoms with Gasteiger partial charge in [-0.05, 0) is 17.9 Å². The molecular formula is C11H19N3O. The van der Waals surface area contributed by atoms with Crippen LogP contribution in [0.4, 0.5) is 0 Å². The Hall–Kier alpha value is -1.16. The molecule has 84 valence electrons. The van der Waals surface area contributed by atoms with E-state index in [0.717, 1.165) is 12.0 Å². The maximum absolute atomic E-state index is 11.6. The molecule has 0 saturated carbocycles. The third-order valence-electron chi connectivity index (χ3n) is 2.51. The third-order valence-corrected chi connectivity index (χ3v) is 2.51. The summed E-state index contributed by atoms with van der Waals surface area (Å²) in [6, 6.07) is -0.332. The van der Waals surface area contributed by atoms with Gasteiger partial charge in [0.2, 0.25) is 0 Å². The molecule has 0 aliphatic carbocycles. The first-order chi connectivity index (χ1) is 7.00. The molecule has 1 atom stereocenters. The van der Waals surface area contributed by atoms with Crippen molar-refractivity contribution >= 4 is 5.78 Å². The molecule has 0 spiro atoms. The number of ketones is 1. The quantitative estimate of drug-likeness (QED) is 0.784. The fourth-order valence-corrected chi connectivity index (χ4v) is 1.41. The molecule has 0 aromatic carbocycles. The summed E-state index contributed by atoms with van der Waals surface area (Å²) >= 11 is 0. The lowest BCUT2D eigenvalue weighted by Crippen LogP contribution is -2.35. The van der Waals surface area contributed by atoms with Crippen molar-refractivity contribution in [1.82, 2.24) is 9.78 Å². The minimum Gasteiger partial charge on any atom is -0.321 e. The van der Waals surface area contributed by atoms with E-state index in [1.54, 1.807) is 10.9 Å². The minimum absolute atomic E-state index is 0.133. The lowest BCUT2D eigenvalue weighted by Gasteiger charge is -2.13. The Morgan fingerprint density at radius 2 is 2.27 bits per heavy atom. The van der Waals surface area contributed by atoms with Crippen LogP contribution in [0.25, 0.3) is 0 Å². The maximum Gasteiger partial charge on any atom is 0.150 e. The molecule has 0 fully saturated rings. The van der Waals surface area contributed by atoms with Crippen molar-refractivity contribution in [2.24, 2.45) is 18.7 Å². The molecule has 15 heavy (non-hydrogen) atoms. The van der Waals surface area contributed by atoms with E-state index in [4.69, 9.17) is 5.73 Å². The van der Waals surface area contributed by atoms with E-state index < -0.39 is 0 Å². The summed E-state index contributed by atoms with van der Waals surface area (Å²) in [7, 11) is 1.87. The number of aryl methyl sites for hydroxylation is 2. The second-order valence-corrected chi connectivity index (χ2v) is 4.26. The van der Waals surface area contributed by atoms with Crippen LogP contribution in [-0.4, -0.2) is 21.6 Å². The number of rotatable bonds is 5. The first-order valence-electron chi connectivity index (χ1n) is 5.26. The number of aromatic nitrogens is 2. The summed E-state index contributed by atoms with van der Waals surface area (Å²) in [5.74, 6) is 0.347. The minimum atomic E-state index is -0.332. The first kappa shape index (κ1) is 11.9. The molecule has 1 unspecified atom stereocenters. The van der Waals surface area contributed by atoms with Crippen LogP contribution >= 0.6 is 0 Å². The largest absolute Gasteiger partial charge is 0.321 e. The first-order valence-corrected chi connectivity index (χ1v) is 5.26. The van der Waals surface area contributed by atoms with Gasteiger partial charge in [-0.15, -0.1) is 0 Å². The number of hydrogen-bond donors (Lipinski definition) is 1. The zero-order valence-electron chi connectivity index (χ0n) is 9.60. The van der Waals surface area contributed by atoms with Crippen LogP contribution in [-0.2, 0) is 18.3 Å². The van der Waals surface area contributed by atoms with Crippen LogP contribution in [0, 0.1) is 5.92 Å². The van der Waals surface area contributed by atoms with Gasteiger partial charge in [-0.2, -0.15) is 5.10 Å². The molecule has 4 heteroatoms. The number of carbonyl (C=O) groups is 1. The highest BCUT2D eigenvalue weighted by atomic mass is 16.1. The highest BCUT2D eigenvalue weighted by molar-refractivity contribution is 5.84. The van der Waals surface area contributed by atoms with Gasteiger partial charge < -0.3 is 5.73 Å². The van der Waals surface area contributed by atoms with Gasteiger partial charge in [-0.25, -0.2) is 0 Å². The van der Waals surface area contributed by atoms with E-state index in [0.29, 0.717) is 6.42 Å². The lowest BCUT2D eigenvalue weighted by molar-refractivity contribution is -0.121. The average molecular weight is 209 g/mol. The van der Waals surface area contributed by atoms with Crippen molar-refractivity contribution in [2.45, 2.75) is 32.7 Å². The molecule has 0 bridgehead atoms. The summed E-state index contributed by atoms with van der Waals surface area (Å²) in [6.07, 6.45) is 4.94. The smallest absolute Gasteiger partial charge is 0.150 e. The topological polar surface area (TPSA) is 60.9 Å². The van der Waals surface area contributed by atoms with Crippen LogP contribution in [0.5, 0.6) is 0 Å².